The molecule has 0 spiro atoms. The normalized spacial score (nSPS) is 26.7. The van der Waals surface area contributed by atoms with E-state index >= 15 is 0 Å². The Morgan fingerprint density at radius 2 is 1.37 bits per heavy atom. The Hall–Kier alpha value is -1.64. The van der Waals surface area contributed by atoms with Gasteiger partial charge in [-0.2, -0.15) is 0 Å². The average molecular weight is 405 g/mol. The molecule has 2 aromatic carbocycles. The smallest absolute Gasteiger partial charge is 0.0141 e. The number of benzene rings is 2. The van der Waals surface area contributed by atoms with Crippen molar-refractivity contribution in [2.75, 3.05) is 0 Å². The Morgan fingerprint density at radius 1 is 0.700 bits per heavy atom. The maximum atomic E-state index is 3.80. The van der Waals surface area contributed by atoms with Crippen molar-refractivity contribution in [3.63, 3.8) is 0 Å². The molecule has 2 nitrogen and oxygen atoms in total. The summed E-state index contributed by atoms with van der Waals surface area (Å²) in [6.07, 6.45) is 5.10. The molecule has 2 N–H and O–H groups in total. The van der Waals surface area contributed by atoms with Gasteiger partial charge in [-0.15, -0.1) is 0 Å². The van der Waals surface area contributed by atoms with Crippen LogP contribution in [0.3, 0.4) is 0 Å². The average Bonchev–Trinajstić information content (AvgIpc) is 2.61. The van der Waals surface area contributed by atoms with E-state index < -0.39 is 0 Å². The summed E-state index contributed by atoms with van der Waals surface area (Å²) >= 11 is 0. The molecule has 2 fully saturated rings. The molecule has 0 amide bonds. The maximum Gasteiger partial charge on any atom is 0.0141 e. The molecular weight excluding hydrogens is 364 g/mol. The molecule has 0 heterocycles. The second-order valence-corrected chi connectivity index (χ2v) is 11.7. The van der Waals surface area contributed by atoms with Crippen molar-refractivity contribution in [3.05, 3.63) is 59.7 Å². The molecule has 0 radical (unpaired) electrons. The largest absolute Gasteiger partial charge is 0.309 e. The zero-order chi connectivity index (χ0) is 21.5. The molecule has 0 bridgehead atoms. The highest BCUT2D eigenvalue weighted by molar-refractivity contribution is 5.65. The molecule has 162 valence electrons. The van der Waals surface area contributed by atoms with Gasteiger partial charge in [0.2, 0.25) is 0 Å². The Labute approximate surface area is 183 Å². The molecule has 0 unspecified atom stereocenters. The van der Waals surface area contributed by atoms with Crippen LogP contribution in [0.5, 0.6) is 0 Å². The third kappa shape index (κ3) is 5.15. The van der Waals surface area contributed by atoms with Crippen molar-refractivity contribution in [1.29, 1.82) is 0 Å². The van der Waals surface area contributed by atoms with Gasteiger partial charge in [0.25, 0.3) is 0 Å². The van der Waals surface area contributed by atoms with Crippen LogP contribution in [-0.2, 0) is 0 Å². The molecule has 2 aliphatic carbocycles. The van der Waals surface area contributed by atoms with Gasteiger partial charge in [-0.1, -0.05) is 48.5 Å². The monoisotopic (exact) mass is 404 g/mol. The first-order chi connectivity index (χ1) is 14.1. The van der Waals surface area contributed by atoms with Crippen molar-refractivity contribution in [2.24, 2.45) is 0 Å². The molecule has 2 aromatic rings. The highest BCUT2D eigenvalue weighted by atomic mass is 15.0. The first kappa shape index (κ1) is 21.6. The predicted molar refractivity (Wildman–Crippen MR) is 129 cm³/mol. The van der Waals surface area contributed by atoms with Crippen molar-refractivity contribution < 1.29 is 0 Å². The van der Waals surface area contributed by atoms with E-state index in [0.717, 1.165) is 0 Å². The van der Waals surface area contributed by atoms with E-state index in [1.54, 1.807) is 0 Å². The minimum atomic E-state index is 0.187. The Morgan fingerprint density at radius 3 is 1.93 bits per heavy atom. The third-order valence-corrected chi connectivity index (χ3v) is 6.70. The number of hydrogen-bond acceptors (Lipinski definition) is 2. The third-order valence-electron chi connectivity index (χ3n) is 6.70. The fraction of sp³-hybridized carbons (Fsp3) is 0.571. The first-order valence-corrected chi connectivity index (χ1v) is 11.8. The Bertz CT molecular complexity index is 847. The number of nitrogens with one attached hydrogen (secondary N) is 2. The van der Waals surface area contributed by atoms with Crippen LogP contribution in [-0.4, -0.2) is 23.2 Å². The van der Waals surface area contributed by atoms with Gasteiger partial charge in [0, 0.05) is 23.2 Å². The van der Waals surface area contributed by atoms with E-state index in [2.05, 4.69) is 101 Å². The van der Waals surface area contributed by atoms with Crippen molar-refractivity contribution in [2.45, 2.75) is 102 Å². The van der Waals surface area contributed by atoms with E-state index in [0.29, 0.717) is 23.9 Å². The van der Waals surface area contributed by atoms with E-state index in [1.165, 1.54) is 47.9 Å². The molecule has 2 heteroatoms. The summed E-state index contributed by atoms with van der Waals surface area (Å²) in [5.41, 5.74) is 6.07. The number of hydrogen-bond donors (Lipinski definition) is 2. The number of rotatable bonds is 5. The van der Waals surface area contributed by atoms with Crippen LogP contribution in [0.25, 0.3) is 11.1 Å². The van der Waals surface area contributed by atoms with Gasteiger partial charge in [0.15, 0.2) is 0 Å². The van der Waals surface area contributed by atoms with Crippen LogP contribution in [0.4, 0.5) is 0 Å². The lowest BCUT2D eigenvalue weighted by Crippen LogP contribution is -2.50. The summed E-state index contributed by atoms with van der Waals surface area (Å²) in [5, 5.41) is 7.54. The van der Waals surface area contributed by atoms with Gasteiger partial charge in [-0.3, -0.25) is 0 Å². The van der Waals surface area contributed by atoms with Crippen LogP contribution >= 0.6 is 0 Å². The van der Waals surface area contributed by atoms with Gasteiger partial charge in [-0.05, 0) is 101 Å². The summed E-state index contributed by atoms with van der Waals surface area (Å²) < 4.78 is 0. The fourth-order valence-electron chi connectivity index (χ4n) is 5.14. The van der Waals surface area contributed by atoms with E-state index in [9.17, 15) is 0 Å². The molecule has 30 heavy (non-hydrogen) atoms. The zero-order valence-corrected chi connectivity index (χ0v) is 19.8. The maximum absolute atomic E-state index is 3.80. The first-order valence-electron chi connectivity index (χ1n) is 11.8. The molecule has 2 aliphatic rings. The predicted octanol–water partition coefficient (Wildman–Crippen LogP) is 6.62. The molecule has 0 aromatic heterocycles. The summed E-state index contributed by atoms with van der Waals surface area (Å²) in [7, 11) is 0. The minimum absolute atomic E-state index is 0.187. The van der Waals surface area contributed by atoms with Gasteiger partial charge in [-0.25, -0.2) is 0 Å². The van der Waals surface area contributed by atoms with Crippen molar-refractivity contribution >= 4 is 0 Å². The lowest BCUT2D eigenvalue weighted by atomic mass is 9.73. The second kappa shape index (κ2) is 8.13. The van der Waals surface area contributed by atoms with Crippen LogP contribution in [0, 0.1) is 0 Å². The fourth-order valence-corrected chi connectivity index (χ4v) is 5.14. The van der Waals surface area contributed by atoms with Crippen molar-refractivity contribution in [1.82, 2.24) is 10.6 Å². The van der Waals surface area contributed by atoms with Gasteiger partial charge in [0.05, 0.1) is 0 Å². The summed E-state index contributed by atoms with van der Waals surface area (Å²) in [5.74, 6) is 1.36. The van der Waals surface area contributed by atoms with E-state index in [-0.39, 0.29) is 11.1 Å². The van der Waals surface area contributed by atoms with Crippen LogP contribution in [0.15, 0.2) is 48.5 Å². The van der Waals surface area contributed by atoms with E-state index in [1.807, 2.05) is 0 Å². The highest BCUT2D eigenvalue weighted by Crippen LogP contribution is 2.40. The second-order valence-electron chi connectivity index (χ2n) is 11.7. The molecule has 4 rings (SSSR count). The summed E-state index contributed by atoms with van der Waals surface area (Å²) in [4.78, 5) is 0. The minimum Gasteiger partial charge on any atom is -0.309 e. The molecule has 2 saturated carbocycles. The van der Waals surface area contributed by atoms with Gasteiger partial charge < -0.3 is 10.6 Å². The summed E-state index contributed by atoms with van der Waals surface area (Å²) in [6, 6.07) is 19.9. The standard InChI is InChI=1S/C28H40N2/c1-27(2,3)29-24-17-23(18-24)22-9-7-8-21(16-22)19-10-12-20(13-11-19)25-14-15-26(25)30-28(4,5)6/h7-13,16,23-26,29-30H,14-15,17-18H2,1-6H3/t23-,24+,25-,26+/m0/s1. The molecule has 2 atom stereocenters. The quantitative estimate of drug-likeness (QED) is 0.585. The highest BCUT2D eigenvalue weighted by Gasteiger charge is 2.34. The van der Waals surface area contributed by atoms with Crippen molar-refractivity contribution in [3.8, 4) is 11.1 Å². The molecule has 0 saturated heterocycles. The van der Waals surface area contributed by atoms with Crippen LogP contribution < -0.4 is 10.6 Å². The van der Waals surface area contributed by atoms with Gasteiger partial charge >= 0.3 is 0 Å². The zero-order valence-electron chi connectivity index (χ0n) is 19.8. The summed E-state index contributed by atoms with van der Waals surface area (Å²) in [6.45, 7) is 13.6. The lowest BCUT2D eigenvalue weighted by Gasteiger charge is -2.42. The topological polar surface area (TPSA) is 24.1 Å². The van der Waals surface area contributed by atoms with E-state index in [4.69, 9.17) is 0 Å². The van der Waals surface area contributed by atoms with Crippen LogP contribution in [0.1, 0.15) is 90.2 Å². The van der Waals surface area contributed by atoms with Gasteiger partial charge in [0.1, 0.15) is 0 Å². The van der Waals surface area contributed by atoms with Crippen LogP contribution in [0.2, 0.25) is 0 Å². The Balaban J connectivity index is 1.40. The molecule has 0 aliphatic heterocycles. The SMILES string of the molecule is CC(C)(C)N[C@@H]1CC[C@H]1c1ccc(-c2cccc([C@H]3C[C@@H](NC(C)(C)C)C3)c2)cc1. The molecular formula is C28H40N2. The Kier molecular flexibility index (Phi) is 5.85. The lowest BCUT2D eigenvalue weighted by molar-refractivity contribution is 0.228.